The molecule has 0 aromatic heterocycles. The number of halogens is 1. The summed E-state index contributed by atoms with van der Waals surface area (Å²) in [4.78, 5) is 0. The van der Waals surface area contributed by atoms with Gasteiger partial charge in [-0.15, -0.1) is 0 Å². The Kier molecular flexibility index (Phi) is 6.96. The van der Waals surface area contributed by atoms with Gasteiger partial charge in [-0.3, -0.25) is 4.55 Å². The monoisotopic (exact) mass is 156 g/mol. The standard InChI is InChI=1S/FHO4S.K.H/c1-5-6(2,3)4;;/h(H,2,3,4);;. The first-order chi connectivity index (χ1) is 2.56. The fourth-order valence-corrected chi connectivity index (χ4v) is 0. The molecular formula is H2FKO4S. The summed E-state index contributed by atoms with van der Waals surface area (Å²) in [6.07, 6.45) is 0. The average Bonchev–Trinajstić information content (AvgIpc) is 1.35. The molecule has 0 saturated heterocycles. The molecule has 0 bridgehead atoms. The molecule has 7 heavy (non-hydrogen) atoms. The van der Waals surface area contributed by atoms with Crippen LogP contribution in [0.15, 0.2) is 0 Å². The van der Waals surface area contributed by atoms with Gasteiger partial charge in [-0.05, 0) is 8.91 Å². The fraction of sp³-hybridized carbons (Fsp3) is 0. The number of hydrogen-bond donors (Lipinski definition) is 1. The van der Waals surface area contributed by atoms with E-state index in [0.717, 1.165) is 0 Å². The minimum absolute atomic E-state index is 0. The van der Waals surface area contributed by atoms with E-state index < -0.39 is 10.4 Å². The maximum atomic E-state index is 10.2. The second-order valence-electron chi connectivity index (χ2n) is 0.491. The van der Waals surface area contributed by atoms with Crippen molar-refractivity contribution in [1.82, 2.24) is 0 Å². The quantitative estimate of drug-likeness (QED) is 0.392. The Morgan fingerprint density at radius 1 is 1.57 bits per heavy atom. The van der Waals surface area contributed by atoms with Gasteiger partial charge < -0.3 is 0 Å². The molecule has 0 aromatic rings. The van der Waals surface area contributed by atoms with Gasteiger partial charge in [0, 0.05) is 0 Å². The van der Waals surface area contributed by atoms with E-state index in [4.69, 9.17) is 13.0 Å². The van der Waals surface area contributed by atoms with E-state index in [9.17, 15) is 4.53 Å². The van der Waals surface area contributed by atoms with Gasteiger partial charge in [0.15, 0.2) is 0 Å². The van der Waals surface area contributed by atoms with Crippen molar-refractivity contribution < 1.29 is 21.9 Å². The Morgan fingerprint density at radius 3 is 1.71 bits per heavy atom. The van der Waals surface area contributed by atoms with E-state index in [1.165, 1.54) is 0 Å². The van der Waals surface area contributed by atoms with Crippen molar-refractivity contribution in [3.05, 3.63) is 0 Å². The summed E-state index contributed by atoms with van der Waals surface area (Å²) in [5.74, 6) is 0. The van der Waals surface area contributed by atoms with Crippen molar-refractivity contribution in [2.24, 2.45) is 0 Å². The normalized spacial score (nSPS) is 10.0. The molecule has 0 atom stereocenters. The molecule has 7 heteroatoms. The predicted molar refractivity (Wildman–Crippen MR) is 20.9 cm³/mol. The zero-order valence-corrected chi connectivity index (χ0v) is 3.27. The zero-order valence-electron chi connectivity index (χ0n) is 2.46. The third kappa shape index (κ3) is 11.2. The third-order valence-corrected chi connectivity index (χ3v) is 0.239. The molecule has 0 saturated carbocycles. The molecule has 0 unspecified atom stereocenters. The Labute approximate surface area is 82.3 Å². The molecular weight excluding hydrogens is 154 g/mol. The predicted octanol–water partition coefficient (Wildman–Crippen LogP) is -0.958. The van der Waals surface area contributed by atoms with Crippen LogP contribution in [0.25, 0.3) is 0 Å². The molecule has 0 fully saturated rings. The van der Waals surface area contributed by atoms with Crippen LogP contribution in [0.2, 0.25) is 0 Å². The van der Waals surface area contributed by atoms with E-state index in [1.807, 2.05) is 4.39 Å². The first-order valence-corrected chi connectivity index (χ1v) is 2.20. The van der Waals surface area contributed by atoms with Gasteiger partial charge in [0.05, 0.1) is 0 Å². The van der Waals surface area contributed by atoms with Crippen LogP contribution in [0.1, 0.15) is 0 Å². The van der Waals surface area contributed by atoms with Crippen molar-refractivity contribution in [2.45, 2.75) is 0 Å². The van der Waals surface area contributed by atoms with Crippen molar-refractivity contribution in [2.75, 3.05) is 0 Å². The van der Waals surface area contributed by atoms with Crippen molar-refractivity contribution in [3.63, 3.8) is 0 Å². The SMILES string of the molecule is O=S(=O)(O)OF.[KH]. The summed E-state index contributed by atoms with van der Waals surface area (Å²) in [7, 11) is -4.83. The van der Waals surface area contributed by atoms with E-state index in [-0.39, 0.29) is 51.4 Å². The van der Waals surface area contributed by atoms with E-state index in [1.54, 1.807) is 0 Å². The summed E-state index contributed by atoms with van der Waals surface area (Å²) < 4.78 is 37.2. The molecule has 0 spiro atoms. The van der Waals surface area contributed by atoms with Gasteiger partial charge in [-0.1, -0.05) is 0 Å². The molecule has 0 aliphatic rings. The van der Waals surface area contributed by atoms with E-state index in [0.29, 0.717) is 0 Å². The van der Waals surface area contributed by atoms with Gasteiger partial charge in [-0.25, -0.2) is 0 Å². The maximum absolute atomic E-state index is 10.2. The van der Waals surface area contributed by atoms with Crippen LogP contribution in [0.3, 0.4) is 0 Å². The van der Waals surface area contributed by atoms with Gasteiger partial charge in [0.2, 0.25) is 0 Å². The van der Waals surface area contributed by atoms with Gasteiger partial charge in [0.25, 0.3) is 0 Å². The first kappa shape index (κ1) is 11.3. The summed E-state index contributed by atoms with van der Waals surface area (Å²) in [6, 6.07) is 0. The third-order valence-electron chi connectivity index (χ3n) is 0.0796. The molecule has 1 N–H and O–H groups in total. The molecule has 0 heterocycles. The van der Waals surface area contributed by atoms with Gasteiger partial charge in [-0.2, -0.15) is 8.42 Å². The molecule has 0 rings (SSSR count). The van der Waals surface area contributed by atoms with Crippen molar-refractivity contribution in [1.29, 1.82) is 0 Å². The van der Waals surface area contributed by atoms with E-state index in [2.05, 4.69) is 0 Å². The van der Waals surface area contributed by atoms with E-state index >= 15 is 0 Å². The Bertz CT molecular complexity index is 114. The fourth-order valence-electron chi connectivity index (χ4n) is 0. The van der Waals surface area contributed by atoms with Crippen LogP contribution in [0.4, 0.5) is 4.53 Å². The summed E-state index contributed by atoms with van der Waals surface area (Å²) in [5, 5.41) is 0. The molecule has 0 aliphatic heterocycles. The minimum atomic E-state index is -4.83. The first-order valence-electron chi connectivity index (χ1n) is 0.837. The molecule has 40 valence electrons. The van der Waals surface area contributed by atoms with Gasteiger partial charge >= 0.3 is 61.8 Å². The van der Waals surface area contributed by atoms with Crippen LogP contribution in [-0.2, 0) is 14.8 Å². The Hall–Kier alpha value is 1.44. The second-order valence-corrected chi connectivity index (χ2v) is 1.47. The number of hydrogen-bond acceptors (Lipinski definition) is 3. The molecule has 0 aliphatic carbocycles. The van der Waals surface area contributed by atoms with Crippen molar-refractivity contribution >= 4 is 61.8 Å². The summed E-state index contributed by atoms with van der Waals surface area (Å²) >= 11 is 0. The molecule has 0 amide bonds. The molecule has 4 nitrogen and oxygen atoms in total. The van der Waals surface area contributed by atoms with Crippen LogP contribution < -0.4 is 0 Å². The van der Waals surface area contributed by atoms with Crippen molar-refractivity contribution in [3.8, 4) is 0 Å². The van der Waals surface area contributed by atoms with Gasteiger partial charge in [0.1, 0.15) is 0 Å². The second kappa shape index (κ2) is 4.33. The topological polar surface area (TPSA) is 63.6 Å². The zero-order chi connectivity index (χ0) is 5.21. The summed E-state index contributed by atoms with van der Waals surface area (Å²) in [6.45, 7) is 0. The molecule has 0 radical (unpaired) electrons. The molecule has 0 aromatic carbocycles. The van der Waals surface area contributed by atoms with Crippen LogP contribution in [0.5, 0.6) is 0 Å². The number of rotatable bonds is 1. The van der Waals surface area contributed by atoms with Crippen LogP contribution >= 0.6 is 0 Å². The average molecular weight is 156 g/mol. The Balaban J connectivity index is 0. The summed E-state index contributed by atoms with van der Waals surface area (Å²) in [5.41, 5.74) is 0. The Morgan fingerprint density at radius 2 is 1.71 bits per heavy atom. The van der Waals surface area contributed by atoms with Crippen LogP contribution in [0, 0.1) is 0 Å². The van der Waals surface area contributed by atoms with Crippen LogP contribution in [-0.4, -0.2) is 64.4 Å².